The Morgan fingerprint density at radius 3 is 2.70 bits per heavy atom. The molecule has 4 heterocycles. The SMILES string of the molecule is O=C(CSc1nnc(-c2ccco2)n1Cc1ccccc1)NCCc1nnc2ccccn12. The number of carbonyl (C=O) groups is 1. The van der Waals surface area contributed by atoms with E-state index in [4.69, 9.17) is 4.42 Å². The normalized spacial score (nSPS) is 11.2. The number of pyridine rings is 1. The lowest BCUT2D eigenvalue weighted by atomic mass is 10.2. The monoisotopic (exact) mass is 459 g/mol. The summed E-state index contributed by atoms with van der Waals surface area (Å²) in [6, 6.07) is 19.5. The zero-order valence-corrected chi connectivity index (χ0v) is 18.5. The summed E-state index contributed by atoms with van der Waals surface area (Å²) in [4.78, 5) is 12.5. The zero-order chi connectivity index (χ0) is 22.5. The van der Waals surface area contributed by atoms with Crippen LogP contribution in [0, 0.1) is 0 Å². The van der Waals surface area contributed by atoms with Crippen LogP contribution in [0.1, 0.15) is 11.4 Å². The smallest absolute Gasteiger partial charge is 0.230 e. The van der Waals surface area contributed by atoms with Crippen molar-refractivity contribution in [1.29, 1.82) is 0 Å². The summed E-state index contributed by atoms with van der Waals surface area (Å²) in [5.74, 6) is 2.22. The first-order valence-electron chi connectivity index (χ1n) is 10.5. The Bertz CT molecular complexity index is 1350. The van der Waals surface area contributed by atoms with Crippen molar-refractivity contribution in [3.05, 3.63) is 84.5 Å². The predicted molar refractivity (Wildman–Crippen MR) is 124 cm³/mol. The lowest BCUT2D eigenvalue weighted by Gasteiger charge is -2.09. The highest BCUT2D eigenvalue weighted by atomic mass is 32.2. The second-order valence-electron chi connectivity index (χ2n) is 7.29. The molecule has 0 aliphatic carbocycles. The number of thioether (sulfide) groups is 1. The van der Waals surface area contributed by atoms with Crippen LogP contribution in [0.3, 0.4) is 0 Å². The van der Waals surface area contributed by atoms with Gasteiger partial charge in [0.25, 0.3) is 0 Å². The van der Waals surface area contributed by atoms with Gasteiger partial charge in [0.05, 0.1) is 18.6 Å². The number of amides is 1. The summed E-state index contributed by atoms with van der Waals surface area (Å²) in [6.45, 7) is 1.05. The second-order valence-corrected chi connectivity index (χ2v) is 8.23. The van der Waals surface area contributed by atoms with Gasteiger partial charge in [-0.05, 0) is 29.8 Å². The van der Waals surface area contributed by atoms with E-state index in [-0.39, 0.29) is 11.7 Å². The van der Waals surface area contributed by atoms with E-state index in [0.717, 1.165) is 17.0 Å². The number of benzene rings is 1. The molecular formula is C23H21N7O2S. The molecule has 0 bridgehead atoms. The molecule has 0 atom stereocenters. The van der Waals surface area contributed by atoms with Crippen LogP contribution < -0.4 is 5.32 Å². The first-order chi connectivity index (χ1) is 16.3. The van der Waals surface area contributed by atoms with Crippen molar-refractivity contribution in [1.82, 2.24) is 34.7 Å². The summed E-state index contributed by atoms with van der Waals surface area (Å²) in [7, 11) is 0. The van der Waals surface area contributed by atoms with Crippen LogP contribution in [-0.2, 0) is 17.8 Å². The molecule has 1 aromatic carbocycles. The standard InChI is InChI=1S/C23H21N7O2S/c31-21(24-12-11-20-26-25-19-10-4-5-13-29(19)20)16-33-23-28-27-22(18-9-6-14-32-18)30(23)15-17-7-2-1-3-8-17/h1-10,13-14H,11-12,15-16H2,(H,24,31). The third kappa shape index (κ3) is 4.80. The van der Waals surface area contributed by atoms with Crippen molar-refractivity contribution < 1.29 is 9.21 Å². The topological polar surface area (TPSA) is 103 Å². The fourth-order valence-corrected chi connectivity index (χ4v) is 4.22. The summed E-state index contributed by atoms with van der Waals surface area (Å²) >= 11 is 1.35. The highest BCUT2D eigenvalue weighted by molar-refractivity contribution is 7.99. The molecule has 5 aromatic rings. The number of hydrogen-bond donors (Lipinski definition) is 1. The van der Waals surface area contributed by atoms with Crippen molar-refractivity contribution in [2.75, 3.05) is 12.3 Å². The minimum absolute atomic E-state index is 0.0809. The number of nitrogens with zero attached hydrogens (tertiary/aromatic N) is 6. The van der Waals surface area contributed by atoms with E-state index in [1.165, 1.54) is 11.8 Å². The average Bonchev–Trinajstić information content (AvgIpc) is 3.59. The summed E-state index contributed by atoms with van der Waals surface area (Å²) in [5.41, 5.74) is 1.90. The zero-order valence-electron chi connectivity index (χ0n) is 17.7. The van der Waals surface area contributed by atoms with Crippen molar-refractivity contribution >= 4 is 23.3 Å². The number of furan rings is 1. The van der Waals surface area contributed by atoms with E-state index in [0.29, 0.717) is 36.3 Å². The van der Waals surface area contributed by atoms with Crippen molar-refractivity contribution in [2.45, 2.75) is 18.1 Å². The maximum atomic E-state index is 12.5. The predicted octanol–water partition coefficient (Wildman–Crippen LogP) is 3.08. The minimum Gasteiger partial charge on any atom is -0.461 e. The Balaban J connectivity index is 1.22. The minimum atomic E-state index is -0.0809. The van der Waals surface area contributed by atoms with E-state index in [1.807, 2.05) is 75.8 Å². The van der Waals surface area contributed by atoms with Crippen LogP contribution in [0.15, 0.2) is 82.7 Å². The van der Waals surface area contributed by atoms with Crippen LogP contribution in [-0.4, -0.2) is 47.6 Å². The Labute approximate surface area is 193 Å². The van der Waals surface area contributed by atoms with Crippen LogP contribution in [0.5, 0.6) is 0 Å². The summed E-state index contributed by atoms with van der Waals surface area (Å²) < 4.78 is 9.42. The number of fused-ring (bicyclic) bond motifs is 1. The van der Waals surface area contributed by atoms with Gasteiger partial charge in [0, 0.05) is 19.2 Å². The molecule has 0 spiro atoms. The van der Waals surface area contributed by atoms with Crippen molar-refractivity contribution in [3.8, 4) is 11.6 Å². The molecule has 0 unspecified atom stereocenters. The molecule has 0 saturated heterocycles. The van der Waals surface area contributed by atoms with Gasteiger partial charge in [0.2, 0.25) is 11.7 Å². The quantitative estimate of drug-likeness (QED) is 0.338. The van der Waals surface area contributed by atoms with Crippen LogP contribution >= 0.6 is 11.8 Å². The molecule has 9 nitrogen and oxygen atoms in total. The largest absolute Gasteiger partial charge is 0.461 e. The molecule has 10 heteroatoms. The second kappa shape index (κ2) is 9.70. The first-order valence-corrected chi connectivity index (χ1v) is 11.5. The van der Waals surface area contributed by atoms with E-state index in [1.54, 1.807) is 6.26 Å². The van der Waals surface area contributed by atoms with E-state index < -0.39 is 0 Å². The first kappa shape index (κ1) is 21.0. The van der Waals surface area contributed by atoms with Crippen molar-refractivity contribution in [3.63, 3.8) is 0 Å². The Morgan fingerprint density at radius 1 is 0.970 bits per heavy atom. The van der Waals surface area contributed by atoms with Gasteiger partial charge >= 0.3 is 0 Å². The average molecular weight is 460 g/mol. The van der Waals surface area contributed by atoms with Gasteiger partial charge < -0.3 is 9.73 Å². The fraction of sp³-hybridized carbons (Fsp3) is 0.174. The maximum Gasteiger partial charge on any atom is 0.230 e. The molecule has 0 aliphatic heterocycles. The fourth-order valence-electron chi connectivity index (χ4n) is 3.45. The number of carbonyl (C=O) groups excluding carboxylic acids is 1. The molecule has 1 amide bonds. The highest BCUT2D eigenvalue weighted by Crippen LogP contribution is 2.25. The van der Waals surface area contributed by atoms with E-state index in [2.05, 4.69) is 25.7 Å². The van der Waals surface area contributed by atoms with E-state index >= 15 is 0 Å². The van der Waals surface area contributed by atoms with Crippen molar-refractivity contribution in [2.24, 2.45) is 0 Å². The molecule has 0 saturated carbocycles. The lowest BCUT2D eigenvalue weighted by Crippen LogP contribution is -2.27. The Hall–Kier alpha value is -3.92. The molecule has 0 radical (unpaired) electrons. The molecule has 33 heavy (non-hydrogen) atoms. The third-order valence-electron chi connectivity index (χ3n) is 5.03. The molecule has 0 aliphatic rings. The molecular weight excluding hydrogens is 438 g/mol. The van der Waals surface area contributed by atoms with Gasteiger partial charge in [-0.25, -0.2) is 0 Å². The Kier molecular flexibility index (Phi) is 6.16. The van der Waals surface area contributed by atoms with Gasteiger partial charge in [-0.2, -0.15) is 0 Å². The number of nitrogens with one attached hydrogen (secondary N) is 1. The number of aromatic nitrogens is 6. The van der Waals surface area contributed by atoms with Gasteiger partial charge in [0.15, 0.2) is 16.6 Å². The molecule has 4 aromatic heterocycles. The van der Waals surface area contributed by atoms with E-state index in [9.17, 15) is 4.79 Å². The van der Waals surface area contributed by atoms with Crippen LogP contribution in [0.25, 0.3) is 17.2 Å². The van der Waals surface area contributed by atoms with Crippen LogP contribution in [0.2, 0.25) is 0 Å². The number of hydrogen-bond acceptors (Lipinski definition) is 7. The molecule has 1 N–H and O–H groups in total. The number of rotatable bonds is 9. The Morgan fingerprint density at radius 2 is 1.85 bits per heavy atom. The van der Waals surface area contributed by atoms with Gasteiger partial charge in [-0.1, -0.05) is 48.2 Å². The van der Waals surface area contributed by atoms with Crippen LogP contribution in [0.4, 0.5) is 0 Å². The summed E-state index contributed by atoms with van der Waals surface area (Å²) in [5, 5.41) is 20.5. The molecule has 0 fully saturated rings. The van der Waals surface area contributed by atoms with Gasteiger partial charge in [0.1, 0.15) is 5.82 Å². The highest BCUT2D eigenvalue weighted by Gasteiger charge is 2.18. The molecule has 5 rings (SSSR count). The van der Waals surface area contributed by atoms with Gasteiger partial charge in [-0.3, -0.25) is 13.8 Å². The van der Waals surface area contributed by atoms with Gasteiger partial charge in [-0.15, -0.1) is 20.4 Å². The maximum absolute atomic E-state index is 12.5. The summed E-state index contributed by atoms with van der Waals surface area (Å²) in [6.07, 6.45) is 4.11. The lowest BCUT2D eigenvalue weighted by molar-refractivity contribution is -0.118. The third-order valence-corrected chi connectivity index (χ3v) is 6.00. The molecule has 166 valence electrons.